The maximum Gasteiger partial charge on any atom is 0.335 e. The second-order valence-corrected chi connectivity index (χ2v) is 6.87. The number of hydrazone groups is 1. The zero-order chi connectivity index (χ0) is 17.7. The van der Waals surface area contributed by atoms with Gasteiger partial charge in [0.25, 0.3) is 10.0 Å². The Hall–Kier alpha value is -2.42. The summed E-state index contributed by atoms with van der Waals surface area (Å²) in [4.78, 5) is 10.8. The molecule has 1 atom stereocenters. The van der Waals surface area contributed by atoms with E-state index in [4.69, 9.17) is 5.11 Å². The second kappa shape index (κ2) is 7.43. The number of rotatable bonds is 5. The van der Waals surface area contributed by atoms with E-state index in [1.165, 1.54) is 29.3 Å². The standard InChI is InChI=1S/C15H20N4O4S/c1-3-11-9-17-19(10-11)15(16-4-2)18-24(22,23)13-7-5-12(6-8-13)14(20)21/h5-9,11H,3-4,10H2,1-2H3,(H,16,18)(H,20,21). The van der Waals surface area contributed by atoms with E-state index in [0.717, 1.165) is 6.42 Å². The molecule has 0 aliphatic carbocycles. The molecule has 1 unspecified atom stereocenters. The smallest absolute Gasteiger partial charge is 0.335 e. The quantitative estimate of drug-likeness (QED) is 0.611. The van der Waals surface area contributed by atoms with Crippen molar-refractivity contribution in [3.63, 3.8) is 0 Å². The van der Waals surface area contributed by atoms with Crippen LogP contribution in [0.25, 0.3) is 0 Å². The summed E-state index contributed by atoms with van der Waals surface area (Å²) in [6.45, 7) is 4.93. The summed E-state index contributed by atoms with van der Waals surface area (Å²) in [5, 5.41) is 17.5. The largest absolute Gasteiger partial charge is 0.478 e. The average molecular weight is 352 g/mol. The Morgan fingerprint density at radius 1 is 1.38 bits per heavy atom. The number of carbonyl (C=O) groups is 1. The Morgan fingerprint density at radius 3 is 2.54 bits per heavy atom. The first-order valence-electron chi connectivity index (χ1n) is 7.61. The third kappa shape index (κ3) is 4.10. The van der Waals surface area contributed by atoms with Gasteiger partial charge in [0.2, 0.25) is 5.96 Å². The van der Waals surface area contributed by atoms with E-state index in [1.54, 1.807) is 6.21 Å². The normalized spacial score (nSPS) is 18.0. The SMILES string of the molecule is CCNC(=NS(=O)(=O)c1ccc(C(=O)O)cc1)N1CC(CC)C=N1. The molecule has 130 valence electrons. The van der Waals surface area contributed by atoms with Crippen molar-refractivity contribution in [1.82, 2.24) is 10.3 Å². The fraction of sp³-hybridized carbons (Fsp3) is 0.400. The molecule has 0 spiro atoms. The van der Waals surface area contributed by atoms with E-state index in [9.17, 15) is 13.2 Å². The van der Waals surface area contributed by atoms with Crippen molar-refractivity contribution in [1.29, 1.82) is 0 Å². The Bertz CT molecular complexity index is 756. The minimum Gasteiger partial charge on any atom is -0.478 e. The maximum absolute atomic E-state index is 12.5. The highest BCUT2D eigenvalue weighted by Crippen LogP contribution is 2.16. The number of benzene rings is 1. The Morgan fingerprint density at radius 2 is 2.04 bits per heavy atom. The fourth-order valence-corrected chi connectivity index (χ4v) is 3.10. The lowest BCUT2D eigenvalue weighted by atomic mass is 10.1. The molecule has 0 amide bonds. The maximum atomic E-state index is 12.5. The summed E-state index contributed by atoms with van der Waals surface area (Å²) in [6, 6.07) is 4.93. The molecule has 24 heavy (non-hydrogen) atoms. The number of nitrogens with one attached hydrogen (secondary N) is 1. The van der Waals surface area contributed by atoms with Crippen LogP contribution in [-0.4, -0.2) is 49.8 Å². The molecule has 0 radical (unpaired) electrons. The van der Waals surface area contributed by atoms with E-state index >= 15 is 0 Å². The molecule has 1 aromatic rings. The number of nitrogens with zero attached hydrogens (tertiary/aromatic N) is 3. The van der Waals surface area contributed by atoms with Crippen LogP contribution in [0.4, 0.5) is 0 Å². The van der Waals surface area contributed by atoms with E-state index in [0.29, 0.717) is 13.1 Å². The highest BCUT2D eigenvalue weighted by Gasteiger charge is 2.23. The minimum absolute atomic E-state index is 0.0137. The van der Waals surface area contributed by atoms with Crippen molar-refractivity contribution in [3.8, 4) is 0 Å². The lowest BCUT2D eigenvalue weighted by molar-refractivity contribution is 0.0696. The molecule has 2 rings (SSSR count). The molecule has 9 heteroatoms. The number of hydrogen-bond acceptors (Lipinski definition) is 4. The van der Waals surface area contributed by atoms with Gasteiger partial charge in [-0.1, -0.05) is 6.92 Å². The Labute approximate surface area is 140 Å². The van der Waals surface area contributed by atoms with Gasteiger partial charge in [0.05, 0.1) is 17.0 Å². The summed E-state index contributed by atoms with van der Waals surface area (Å²) in [7, 11) is -3.97. The summed E-state index contributed by atoms with van der Waals surface area (Å²) >= 11 is 0. The number of sulfonamides is 1. The second-order valence-electron chi connectivity index (χ2n) is 5.26. The molecule has 2 N–H and O–H groups in total. The number of carboxylic acids is 1. The predicted molar refractivity (Wildman–Crippen MR) is 90.7 cm³/mol. The van der Waals surface area contributed by atoms with Crippen molar-refractivity contribution in [2.45, 2.75) is 25.2 Å². The molecule has 0 saturated heterocycles. The molecule has 0 bridgehead atoms. The molecule has 1 aliphatic heterocycles. The molecular formula is C15H20N4O4S. The van der Waals surface area contributed by atoms with Crippen molar-refractivity contribution in [3.05, 3.63) is 29.8 Å². The van der Waals surface area contributed by atoms with Crippen LogP contribution in [0.1, 0.15) is 30.6 Å². The van der Waals surface area contributed by atoms with Crippen molar-refractivity contribution in [2.75, 3.05) is 13.1 Å². The third-order valence-corrected chi connectivity index (χ3v) is 4.82. The van der Waals surface area contributed by atoms with E-state index in [-0.39, 0.29) is 22.3 Å². The minimum atomic E-state index is -3.97. The molecule has 8 nitrogen and oxygen atoms in total. The number of aromatic carboxylic acids is 1. The molecule has 1 aromatic carbocycles. The van der Waals surface area contributed by atoms with Gasteiger partial charge in [0.1, 0.15) is 0 Å². The van der Waals surface area contributed by atoms with Gasteiger partial charge in [-0.25, -0.2) is 9.80 Å². The van der Waals surface area contributed by atoms with E-state index < -0.39 is 16.0 Å². The predicted octanol–water partition coefficient (Wildman–Crippen LogP) is 1.37. The summed E-state index contributed by atoms with van der Waals surface area (Å²) in [5.41, 5.74) is 0.0137. The molecule has 1 heterocycles. The first-order chi connectivity index (χ1) is 11.4. The first-order valence-corrected chi connectivity index (χ1v) is 9.05. The van der Waals surface area contributed by atoms with Gasteiger partial charge in [-0.2, -0.15) is 13.5 Å². The first kappa shape index (κ1) is 17.9. The van der Waals surface area contributed by atoms with Crippen LogP contribution in [0.15, 0.2) is 38.7 Å². The van der Waals surface area contributed by atoms with Crippen LogP contribution < -0.4 is 5.32 Å². The van der Waals surface area contributed by atoms with E-state index in [1.807, 2.05) is 13.8 Å². The van der Waals surface area contributed by atoms with Crippen molar-refractivity contribution >= 4 is 28.2 Å². The van der Waals surface area contributed by atoms with Crippen LogP contribution in [0.3, 0.4) is 0 Å². The Balaban J connectivity index is 2.29. The van der Waals surface area contributed by atoms with Crippen LogP contribution >= 0.6 is 0 Å². The molecule has 0 saturated carbocycles. The number of carboxylic acid groups (broad SMARTS) is 1. The highest BCUT2D eigenvalue weighted by atomic mass is 32.2. The Kier molecular flexibility index (Phi) is 5.55. The van der Waals surface area contributed by atoms with Crippen LogP contribution in [-0.2, 0) is 10.0 Å². The third-order valence-electron chi connectivity index (χ3n) is 3.53. The average Bonchev–Trinajstić information content (AvgIpc) is 3.03. The van der Waals surface area contributed by atoms with Crippen molar-refractivity contribution < 1.29 is 18.3 Å². The van der Waals surface area contributed by atoms with Gasteiger partial charge in [-0.15, -0.1) is 4.40 Å². The van der Waals surface area contributed by atoms with Crippen molar-refractivity contribution in [2.24, 2.45) is 15.4 Å². The molecular weight excluding hydrogens is 332 g/mol. The summed E-state index contributed by atoms with van der Waals surface area (Å²) in [5.74, 6) is -0.703. The van der Waals surface area contributed by atoms with Crippen LogP contribution in [0, 0.1) is 5.92 Å². The zero-order valence-electron chi connectivity index (χ0n) is 13.5. The monoisotopic (exact) mass is 352 g/mol. The van der Waals surface area contributed by atoms with Gasteiger partial charge < -0.3 is 10.4 Å². The summed E-state index contributed by atoms with van der Waals surface area (Å²) < 4.78 is 28.7. The van der Waals surface area contributed by atoms with Crippen LogP contribution in [0.2, 0.25) is 0 Å². The van der Waals surface area contributed by atoms with Gasteiger partial charge >= 0.3 is 5.97 Å². The molecule has 0 fully saturated rings. The number of guanidine groups is 1. The number of hydrogen-bond donors (Lipinski definition) is 2. The van der Waals surface area contributed by atoms with Gasteiger partial charge in [-0.05, 0) is 37.6 Å². The topological polar surface area (TPSA) is 111 Å². The molecule has 0 aromatic heterocycles. The van der Waals surface area contributed by atoms with Gasteiger partial charge in [0.15, 0.2) is 0 Å². The highest BCUT2D eigenvalue weighted by molar-refractivity contribution is 7.90. The van der Waals surface area contributed by atoms with Gasteiger partial charge in [0, 0.05) is 18.7 Å². The van der Waals surface area contributed by atoms with E-state index in [2.05, 4.69) is 14.8 Å². The lowest BCUT2D eigenvalue weighted by Gasteiger charge is -2.18. The summed E-state index contributed by atoms with van der Waals surface area (Å²) in [6.07, 6.45) is 2.68. The fourth-order valence-electron chi connectivity index (χ4n) is 2.13. The lowest BCUT2D eigenvalue weighted by Crippen LogP contribution is -2.38. The zero-order valence-corrected chi connectivity index (χ0v) is 14.3. The van der Waals surface area contributed by atoms with Gasteiger partial charge in [-0.3, -0.25) is 0 Å². The molecule has 1 aliphatic rings. The van der Waals surface area contributed by atoms with Crippen LogP contribution in [0.5, 0.6) is 0 Å².